The molecule has 0 nitrogen and oxygen atoms in total. The second-order valence-corrected chi connectivity index (χ2v) is 7.73. The summed E-state index contributed by atoms with van der Waals surface area (Å²) in [5.74, 6) is 0. The molecular weight excluding hydrogens is 455 g/mol. The predicted octanol–water partition coefficient (Wildman–Crippen LogP) is 0.738. The van der Waals surface area contributed by atoms with Gasteiger partial charge in [-0.25, -0.2) is 0 Å². The minimum Gasteiger partial charge on any atom is -1.00 e. The minimum absolute atomic E-state index is 0. The van der Waals surface area contributed by atoms with Crippen LogP contribution in [0.3, 0.4) is 0 Å². The Labute approximate surface area is 212 Å². The molecule has 0 saturated heterocycles. The van der Waals surface area contributed by atoms with E-state index in [1.165, 1.54) is 55.6 Å². The van der Waals surface area contributed by atoms with Gasteiger partial charge in [0.25, 0.3) is 0 Å². The Bertz CT molecular complexity index is 1100. The van der Waals surface area contributed by atoms with Gasteiger partial charge in [0.15, 0.2) is 0 Å². The molecule has 6 rings (SSSR count). The Balaban J connectivity index is 0.000000201. The third-order valence-corrected chi connectivity index (χ3v) is 5.70. The van der Waals surface area contributed by atoms with Crippen LogP contribution in [0.25, 0.3) is 22.3 Å². The van der Waals surface area contributed by atoms with Crippen LogP contribution < -0.4 is 24.8 Å². The zero-order valence-electron chi connectivity index (χ0n) is 17.6. The molecule has 0 bridgehead atoms. The second kappa shape index (κ2) is 10.7. The Morgan fingerprint density at radius 2 is 0.903 bits per heavy atom. The van der Waals surface area contributed by atoms with Crippen LogP contribution in [0, 0.1) is 26.0 Å². The molecule has 31 heavy (non-hydrogen) atoms. The summed E-state index contributed by atoms with van der Waals surface area (Å²) in [6.45, 7) is 4.20. The maximum absolute atomic E-state index is 3.43. The maximum Gasteiger partial charge on any atom is 4.00 e. The Kier molecular flexibility index (Phi) is 8.75. The predicted molar refractivity (Wildman–Crippen MR) is 117 cm³/mol. The summed E-state index contributed by atoms with van der Waals surface area (Å²) in [6, 6.07) is 32.8. The molecule has 2 aliphatic rings. The summed E-state index contributed by atoms with van der Waals surface area (Å²) < 4.78 is 0. The van der Waals surface area contributed by atoms with Gasteiger partial charge in [-0.2, -0.15) is 47.5 Å². The molecule has 152 valence electrons. The molecule has 0 aromatic heterocycles. The van der Waals surface area contributed by atoms with E-state index >= 15 is 0 Å². The zero-order valence-corrected chi connectivity index (χ0v) is 20.7. The standard InChI is InChI=1S/2C14H11.2ClH.Ti/c2*1-10-6-7-14-12(8-10)9-11-4-2-3-5-13(11)14;;;/h2*2-7H,9H2,1H3;2*1H;/q2*-1;;;+4/p-2. The first-order valence-corrected chi connectivity index (χ1v) is 9.89. The van der Waals surface area contributed by atoms with E-state index in [0.717, 1.165) is 12.8 Å². The number of aryl methyl sites for hydroxylation is 2. The second-order valence-electron chi connectivity index (χ2n) is 7.73. The first-order valence-electron chi connectivity index (χ1n) is 9.89. The fraction of sp³-hybridized carbons (Fsp3) is 0.143. The molecule has 0 saturated carbocycles. The Morgan fingerprint density at radius 1 is 0.516 bits per heavy atom. The smallest absolute Gasteiger partial charge is 1.00 e. The Hall–Kier alpha value is -1.83. The fourth-order valence-corrected chi connectivity index (χ4v) is 4.35. The summed E-state index contributed by atoms with van der Waals surface area (Å²) >= 11 is 0. The van der Waals surface area contributed by atoms with Crippen molar-refractivity contribution in [2.24, 2.45) is 0 Å². The van der Waals surface area contributed by atoms with Gasteiger partial charge in [0.05, 0.1) is 0 Å². The maximum atomic E-state index is 3.43. The van der Waals surface area contributed by atoms with Gasteiger partial charge in [-0.1, -0.05) is 84.6 Å². The van der Waals surface area contributed by atoms with Gasteiger partial charge in [-0.05, 0) is 12.8 Å². The van der Waals surface area contributed by atoms with Crippen molar-refractivity contribution in [3.63, 3.8) is 0 Å². The van der Waals surface area contributed by atoms with E-state index in [0.29, 0.717) is 0 Å². The summed E-state index contributed by atoms with van der Waals surface area (Å²) in [6.07, 6.45) is 2.10. The van der Waals surface area contributed by atoms with E-state index < -0.39 is 0 Å². The number of rotatable bonds is 0. The molecule has 4 aromatic carbocycles. The van der Waals surface area contributed by atoms with Gasteiger partial charge >= 0.3 is 21.7 Å². The topological polar surface area (TPSA) is 0 Å². The van der Waals surface area contributed by atoms with Crippen LogP contribution in [-0.2, 0) is 34.6 Å². The first kappa shape index (κ1) is 25.4. The molecule has 0 fully saturated rings. The van der Waals surface area contributed by atoms with Crippen LogP contribution in [0.1, 0.15) is 33.4 Å². The molecule has 2 aliphatic carbocycles. The summed E-state index contributed by atoms with van der Waals surface area (Å²) in [5.41, 5.74) is 13.6. The molecule has 0 aliphatic heterocycles. The fourth-order valence-electron chi connectivity index (χ4n) is 4.35. The number of hydrogen-bond acceptors (Lipinski definition) is 0. The van der Waals surface area contributed by atoms with Gasteiger partial charge in [-0.15, -0.1) is 22.3 Å². The van der Waals surface area contributed by atoms with Crippen molar-refractivity contribution >= 4 is 0 Å². The third-order valence-electron chi connectivity index (χ3n) is 5.70. The van der Waals surface area contributed by atoms with Crippen molar-refractivity contribution < 1.29 is 46.5 Å². The zero-order chi connectivity index (χ0) is 19.1. The number of benzene rings is 4. The van der Waals surface area contributed by atoms with E-state index in [9.17, 15) is 0 Å². The molecule has 0 unspecified atom stereocenters. The molecule has 0 spiro atoms. The molecule has 3 heteroatoms. The van der Waals surface area contributed by atoms with E-state index in [1.54, 1.807) is 0 Å². The molecule has 0 radical (unpaired) electrons. The van der Waals surface area contributed by atoms with Gasteiger partial charge in [0.2, 0.25) is 0 Å². The van der Waals surface area contributed by atoms with Crippen LogP contribution in [0.4, 0.5) is 0 Å². The number of fused-ring (bicyclic) bond motifs is 6. The van der Waals surface area contributed by atoms with Gasteiger partial charge < -0.3 is 24.8 Å². The average molecular weight is 477 g/mol. The van der Waals surface area contributed by atoms with Crippen molar-refractivity contribution in [3.05, 3.63) is 118 Å². The number of halogens is 2. The molecule has 0 N–H and O–H groups in total. The van der Waals surface area contributed by atoms with Gasteiger partial charge in [-0.3, -0.25) is 0 Å². The first-order chi connectivity index (χ1) is 13.7. The summed E-state index contributed by atoms with van der Waals surface area (Å²) in [5, 5.41) is 0. The molecule has 4 aromatic rings. The summed E-state index contributed by atoms with van der Waals surface area (Å²) in [7, 11) is 0. The monoisotopic (exact) mass is 476 g/mol. The van der Waals surface area contributed by atoms with Crippen LogP contribution in [0.5, 0.6) is 0 Å². The van der Waals surface area contributed by atoms with E-state index in [-0.39, 0.29) is 46.5 Å². The molecule has 0 amide bonds. The Morgan fingerprint density at radius 3 is 1.32 bits per heavy atom. The van der Waals surface area contributed by atoms with Crippen molar-refractivity contribution in [1.82, 2.24) is 0 Å². The van der Waals surface area contributed by atoms with Crippen LogP contribution in [0.2, 0.25) is 0 Å². The van der Waals surface area contributed by atoms with Gasteiger partial charge in [0, 0.05) is 0 Å². The van der Waals surface area contributed by atoms with E-state index in [4.69, 9.17) is 0 Å². The van der Waals surface area contributed by atoms with E-state index in [2.05, 4.69) is 98.8 Å². The van der Waals surface area contributed by atoms with E-state index in [1.807, 2.05) is 0 Å². The third kappa shape index (κ3) is 4.99. The van der Waals surface area contributed by atoms with Crippen molar-refractivity contribution in [2.45, 2.75) is 26.7 Å². The van der Waals surface area contributed by atoms with Crippen LogP contribution >= 0.6 is 0 Å². The van der Waals surface area contributed by atoms with Crippen LogP contribution in [-0.4, -0.2) is 0 Å². The van der Waals surface area contributed by atoms with Crippen molar-refractivity contribution in [2.75, 3.05) is 0 Å². The average Bonchev–Trinajstić information content (AvgIpc) is 3.25. The number of hydrogen-bond donors (Lipinski definition) is 0. The largest absolute Gasteiger partial charge is 4.00 e. The minimum atomic E-state index is 0. The van der Waals surface area contributed by atoms with Crippen molar-refractivity contribution in [3.8, 4) is 22.3 Å². The van der Waals surface area contributed by atoms with Crippen molar-refractivity contribution in [1.29, 1.82) is 0 Å². The molecular formula is C28H22Cl2Ti. The van der Waals surface area contributed by atoms with Gasteiger partial charge in [0.1, 0.15) is 0 Å². The SMILES string of the molecule is Cc1[c-]c2c(cc1)-c1ccccc1C2.Cc1[c-]c2c(cc1)-c1ccccc1C2.[Cl-].[Cl-].[Ti+4]. The molecule has 0 heterocycles. The van der Waals surface area contributed by atoms with Crippen LogP contribution in [0.15, 0.2) is 72.8 Å². The normalized spacial score (nSPS) is 11.2. The molecule has 0 atom stereocenters. The quantitative estimate of drug-likeness (QED) is 0.224. The summed E-state index contributed by atoms with van der Waals surface area (Å²) in [4.78, 5) is 0.